The highest BCUT2D eigenvalue weighted by atomic mass is 32.2. The van der Waals surface area contributed by atoms with E-state index in [-0.39, 0.29) is 4.75 Å². The van der Waals surface area contributed by atoms with E-state index in [1.165, 1.54) is 0 Å². The fourth-order valence-corrected chi connectivity index (χ4v) is 3.35. The van der Waals surface area contributed by atoms with Crippen molar-refractivity contribution < 1.29 is 4.79 Å². The average molecular weight is 265 g/mol. The summed E-state index contributed by atoms with van der Waals surface area (Å²) in [5.74, 6) is 0.640. The maximum Gasteiger partial charge on any atom is 0.250 e. The smallest absolute Gasteiger partial charge is 0.250 e. The number of benzene rings is 1. The molecule has 0 aliphatic carbocycles. The monoisotopic (exact) mass is 265 g/mol. The van der Waals surface area contributed by atoms with Crippen molar-refractivity contribution in [2.24, 2.45) is 5.73 Å². The van der Waals surface area contributed by atoms with Gasteiger partial charge in [0.1, 0.15) is 0 Å². The number of carbonyl (C=O) groups is 1. The molecule has 2 rings (SSSR count). The van der Waals surface area contributed by atoms with Crippen molar-refractivity contribution in [3.8, 4) is 0 Å². The summed E-state index contributed by atoms with van der Waals surface area (Å²) in [4.78, 5) is 13.7. The molecule has 1 aromatic carbocycles. The Morgan fingerprint density at radius 3 is 2.78 bits per heavy atom. The number of nitrogen functional groups attached to an aromatic ring is 1. The lowest BCUT2D eigenvalue weighted by molar-refractivity contribution is 0.100. The van der Waals surface area contributed by atoms with E-state index in [0.29, 0.717) is 11.3 Å². The zero-order valence-corrected chi connectivity index (χ0v) is 11.6. The molecule has 0 radical (unpaired) electrons. The molecule has 18 heavy (non-hydrogen) atoms. The van der Waals surface area contributed by atoms with Crippen molar-refractivity contribution in [2.45, 2.75) is 18.6 Å². The third-order valence-electron chi connectivity index (χ3n) is 3.05. The van der Waals surface area contributed by atoms with Gasteiger partial charge >= 0.3 is 0 Å². The number of thioether (sulfide) groups is 1. The summed E-state index contributed by atoms with van der Waals surface area (Å²) < 4.78 is 0.178. The average Bonchev–Trinajstić information content (AvgIpc) is 2.27. The molecular formula is C13H19N3OS. The summed E-state index contributed by atoms with van der Waals surface area (Å²) in [6.45, 7) is 6.22. The van der Waals surface area contributed by atoms with E-state index < -0.39 is 5.91 Å². The van der Waals surface area contributed by atoms with Gasteiger partial charge in [-0.05, 0) is 32.0 Å². The number of nitrogens with zero attached hydrogens (tertiary/aromatic N) is 1. The number of primary amides is 1. The van der Waals surface area contributed by atoms with Crippen LogP contribution in [0.2, 0.25) is 0 Å². The lowest BCUT2D eigenvalue weighted by Crippen LogP contribution is -2.43. The van der Waals surface area contributed by atoms with Crippen molar-refractivity contribution in [3.63, 3.8) is 0 Å². The molecule has 1 heterocycles. The molecule has 0 spiro atoms. The fourth-order valence-electron chi connectivity index (χ4n) is 2.24. The van der Waals surface area contributed by atoms with Crippen LogP contribution in [0.4, 0.5) is 11.4 Å². The minimum absolute atomic E-state index is 0.178. The molecule has 0 saturated carbocycles. The summed E-state index contributed by atoms with van der Waals surface area (Å²) in [5.41, 5.74) is 13.3. The maximum atomic E-state index is 11.5. The van der Waals surface area contributed by atoms with E-state index in [4.69, 9.17) is 11.5 Å². The Bertz CT molecular complexity index is 473. The van der Waals surface area contributed by atoms with Crippen molar-refractivity contribution in [2.75, 3.05) is 29.5 Å². The minimum Gasteiger partial charge on any atom is -0.399 e. The first-order valence-corrected chi connectivity index (χ1v) is 6.96. The van der Waals surface area contributed by atoms with Gasteiger partial charge in [-0.1, -0.05) is 0 Å². The van der Waals surface area contributed by atoms with Gasteiger partial charge in [-0.15, -0.1) is 0 Å². The van der Waals surface area contributed by atoms with Gasteiger partial charge in [0.2, 0.25) is 0 Å². The van der Waals surface area contributed by atoms with Crippen LogP contribution in [0.5, 0.6) is 0 Å². The van der Waals surface area contributed by atoms with Gasteiger partial charge in [0, 0.05) is 29.3 Å². The van der Waals surface area contributed by atoms with Crippen molar-refractivity contribution >= 4 is 29.0 Å². The lowest BCUT2D eigenvalue weighted by atomic mass is 10.1. The molecule has 1 saturated heterocycles. The second-order valence-electron chi connectivity index (χ2n) is 5.17. The van der Waals surface area contributed by atoms with E-state index in [0.717, 1.165) is 24.5 Å². The van der Waals surface area contributed by atoms with Crippen LogP contribution in [-0.4, -0.2) is 29.5 Å². The fraction of sp³-hybridized carbons (Fsp3) is 0.462. The van der Waals surface area contributed by atoms with E-state index in [1.807, 2.05) is 17.8 Å². The van der Waals surface area contributed by atoms with E-state index in [2.05, 4.69) is 18.7 Å². The molecule has 1 aromatic rings. The number of hydrogen-bond donors (Lipinski definition) is 2. The predicted octanol–water partition coefficient (Wildman–Crippen LogP) is 1.70. The lowest BCUT2D eigenvalue weighted by Gasteiger charge is -2.39. The van der Waals surface area contributed by atoms with E-state index >= 15 is 0 Å². The van der Waals surface area contributed by atoms with Crippen molar-refractivity contribution in [1.82, 2.24) is 0 Å². The second kappa shape index (κ2) is 4.72. The van der Waals surface area contributed by atoms with Gasteiger partial charge in [-0.25, -0.2) is 0 Å². The molecule has 5 heteroatoms. The highest BCUT2D eigenvalue weighted by Crippen LogP contribution is 2.34. The van der Waals surface area contributed by atoms with Crippen LogP contribution in [0, 0.1) is 0 Å². The Hall–Kier alpha value is -1.36. The molecule has 4 nitrogen and oxygen atoms in total. The number of carbonyl (C=O) groups excluding carboxylic acids is 1. The Morgan fingerprint density at radius 2 is 2.17 bits per heavy atom. The summed E-state index contributed by atoms with van der Waals surface area (Å²) in [5, 5.41) is 0. The molecule has 4 N–H and O–H groups in total. The molecule has 1 amide bonds. The number of amides is 1. The summed E-state index contributed by atoms with van der Waals surface area (Å²) in [6.07, 6.45) is 0. The number of anilines is 2. The van der Waals surface area contributed by atoms with Gasteiger partial charge in [-0.2, -0.15) is 11.8 Å². The first-order valence-electron chi connectivity index (χ1n) is 5.97. The molecule has 98 valence electrons. The van der Waals surface area contributed by atoms with Crippen molar-refractivity contribution in [1.29, 1.82) is 0 Å². The Morgan fingerprint density at radius 1 is 1.44 bits per heavy atom. The van der Waals surface area contributed by atoms with Crippen LogP contribution < -0.4 is 16.4 Å². The largest absolute Gasteiger partial charge is 0.399 e. The Labute approximate surface area is 112 Å². The third-order valence-corrected chi connectivity index (χ3v) is 4.35. The highest BCUT2D eigenvalue weighted by molar-refractivity contribution is 8.00. The topological polar surface area (TPSA) is 72.3 Å². The normalized spacial score (nSPS) is 18.7. The Kier molecular flexibility index (Phi) is 3.43. The quantitative estimate of drug-likeness (QED) is 0.798. The molecule has 0 unspecified atom stereocenters. The summed E-state index contributed by atoms with van der Waals surface area (Å²) >= 11 is 1.95. The second-order valence-corrected chi connectivity index (χ2v) is 6.97. The molecule has 0 aromatic heterocycles. The molecule has 0 atom stereocenters. The first-order chi connectivity index (χ1) is 8.39. The van der Waals surface area contributed by atoms with Crippen LogP contribution >= 0.6 is 11.8 Å². The number of hydrogen-bond acceptors (Lipinski definition) is 4. The maximum absolute atomic E-state index is 11.5. The third kappa shape index (κ3) is 2.72. The van der Waals surface area contributed by atoms with Crippen LogP contribution in [0.1, 0.15) is 24.2 Å². The first kappa shape index (κ1) is 13.1. The molecule has 1 aliphatic rings. The standard InChI is InChI=1S/C13H19N3OS/c1-13(2)8-16(5-6-18-13)11-7-9(14)3-4-10(11)12(15)17/h3-4,7H,5-6,8,14H2,1-2H3,(H2,15,17). The predicted molar refractivity (Wildman–Crippen MR) is 78.1 cm³/mol. The number of nitrogens with two attached hydrogens (primary N) is 2. The molecule has 1 fully saturated rings. The van der Waals surface area contributed by atoms with Crippen LogP contribution in [0.25, 0.3) is 0 Å². The SMILES string of the molecule is CC1(C)CN(c2cc(N)ccc2C(N)=O)CCS1. The van der Waals surface area contributed by atoms with Crippen molar-refractivity contribution in [3.05, 3.63) is 23.8 Å². The van der Waals surface area contributed by atoms with Gasteiger partial charge in [0.15, 0.2) is 0 Å². The molecular weight excluding hydrogens is 246 g/mol. The van der Waals surface area contributed by atoms with Gasteiger partial charge < -0.3 is 16.4 Å². The van der Waals surface area contributed by atoms with Gasteiger partial charge in [-0.3, -0.25) is 4.79 Å². The Balaban J connectivity index is 2.37. The van der Waals surface area contributed by atoms with Crippen LogP contribution in [-0.2, 0) is 0 Å². The zero-order chi connectivity index (χ0) is 13.3. The molecule has 0 bridgehead atoms. The van der Waals surface area contributed by atoms with E-state index in [1.54, 1.807) is 12.1 Å². The van der Waals surface area contributed by atoms with Gasteiger partial charge in [0.05, 0.1) is 11.3 Å². The van der Waals surface area contributed by atoms with E-state index in [9.17, 15) is 4.79 Å². The zero-order valence-electron chi connectivity index (χ0n) is 10.8. The minimum atomic E-state index is -0.402. The molecule has 1 aliphatic heterocycles. The van der Waals surface area contributed by atoms with Crippen LogP contribution in [0.15, 0.2) is 18.2 Å². The highest BCUT2D eigenvalue weighted by Gasteiger charge is 2.28. The van der Waals surface area contributed by atoms with Crippen LogP contribution in [0.3, 0.4) is 0 Å². The summed E-state index contributed by atoms with van der Waals surface area (Å²) in [7, 11) is 0. The van der Waals surface area contributed by atoms with Gasteiger partial charge in [0.25, 0.3) is 5.91 Å². The summed E-state index contributed by atoms with van der Waals surface area (Å²) in [6, 6.07) is 5.27. The number of rotatable bonds is 2.